The number of aryl methyl sites for hydroxylation is 2. The van der Waals surface area contributed by atoms with E-state index in [1.807, 2.05) is 0 Å². The summed E-state index contributed by atoms with van der Waals surface area (Å²) in [5.41, 5.74) is 3.51. The van der Waals surface area contributed by atoms with E-state index in [1.54, 1.807) is 6.20 Å². The first-order valence-corrected chi connectivity index (χ1v) is 8.02. The monoisotopic (exact) mass is 297 g/mol. The van der Waals surface area contributed by atoms with Crippen LogP contribution in [0.4, 0.5) is 17.5 Å². The van der Waals surface area contributed by atoms with E-state index in [1.165, 1.54) is 36.8 Å². The summed E-state index contributed by atoms with van der Waals surface area (Å²) in [6, 6.07) is 6.26. The third-order valence-corrected chi connectivity index (χ3v) is 4.17. The first-order valence-electron chi connectivity index (χ1n) is 8.02. The summed E-state index contributed by atoms with van der Waals surface area (Å²) in [7, 11) is 0. The molecule has 1 aliphatic heterocycles. The number of hydrogen-bond acceptors (Lipinski definition) is 5. The summed E-state index contributed by atoms with van der Waals surface area (Å²) >= 11 is 0. The van der Waals surface area contributed by atoms with Crippen LogP contribution in [-0.2, 0) is 0 Å². The highest BCUT2D eigenvalue weighted by Gasteiger charge is 2.14. The smallest absolute Gasteiger partial charge is 0.247 e. The van der Waals surface area contributed by atoms with E-state index in [-0.39, 0.29) is 0 Å². The van der Waals surface area contributed by atoms with Gasteiger partial charge in [0.25, 0.3) is 0 Å². The molecule has 0 unspecified atom stereocenters. The lowest BCUT2D eigenvalue weighted by Crippen LogP contribution is -2.26. The minimum atomic E-state index is 0.734. The van der Waals surface area contributed by atoms with Crippen molar-refractivity contribution in [2.24, 2.45) is 0 Å². The highest BCUT2D eigenvalue weighted by atomic mass is 15.3. The standard InChI is InChI=1S/C17H23N5/c1-13-8-7-9-14(2)16(13)19-15-12-18-21-17(20-15)22-10-5-3-4-6-11-22/h7-9,12H,3-6,10-11H2,1-2H3,(H,19,20,21). The predicted molar refractivity (Wildman–Crippen MR) is 89.7 cm³/mol. The average molecular weight is 297 g/mol. The molecule has 2 aromatic rings. The minimum absolute atomic E-state index is 0.734. The number of anilines is 3. The maximum Gasteiger partial charge on any atom is 0.247 e. The van der Waals surface area contributed by atoms with Crippen LogP contribution in [0.5, 0.6) is 0 Å². The predicted octanol–water partition coefficient (Wildman–Crippen LogP) is 3.61. The Hall–Kier alpha value is -2.17. The average Bonchev–Trinajstić information content (AvgIpc) is 2.81. The molecule has 0 radical (unpaired) electrons. The Morgan fingerprint density at radius 1 is 1.00 bits per heavy atom. The van der Waals surface area contributed by atoms with E-state index in [4.69, 9.17) is 0 Å². The molecule has 116 valence electrons. The fourth-order valence-electron chi connectivity index (χ4n) is 2.90. The molecule has 0 atom stereocenters. The van der Waals surface area contributed by atoms with Crippen LogP contribution in [0.15, 0.2) is 24.4 Å². The molecule has 5 nitrogen and oxygen atoms in total. The molecular weight excluding hydrogens is 274 g/mol. The summed E-state index contributed by atoms with van der Waals surface area (Å²) in [5, 5.41) is 11.7. The fraction of sp³-hybridized carbons (Fsp3) is 0.471. The molecule has 5 heteroatoms. The van der Waals surface area contributed by atoms with Crippen LogP contribution in [0, 0.1) is 13.8 Å². The fourth-order valence-corrected chi connectivity index (χ4v) is 2.90. The van der Waals surface area contributed by atoms with Crippen molar-refractivity contribution in [2.45, 2.75) is 39.5 Å². The quantitative estimate of drug-likeness (QED) is 0.938. The Bertz CT molecular complexity index is 612. The molecule has 0 bridgehead atoms. The normalized spacial score (nSPS) is 15.5. The van der Waals surface area contributed by atoms with Crippen LogP contribution in [0.2, 0.25) is 0 Å². The summed E-state index contributed by atoms with van der Waals surface area (Å²) in [4.78, 5) is 6.90. The largest absolute Gasteiger partial charge is 0.339 e. The Kier molecular flexibility index (Phi) is 4.51. The molecule has 3 rings (SSSR count). The summed E-state index contributed by atoms with van der Waals surface area (Å²) in [6.07, 6.45) is 6.69. The van der Waals surface area contributed by atoms with Gasteiger partial charge in [0.05, 0.1) is 6.20 Å². The molecule has 0 amide bonds. The Labute approximate surface area is 131 Å². The SMILES string of the molecule is Cc1cccc(C)c1Nc1cnnc(N2CCCCCC2)n1. The molecule has 1 N–H and O–H groups in total. The van der Waals surface area contributed by atoms with Crippen LogP contribution in [0.25, 0.3) is 0 Å². The van der Waals surface area contributed by atoms with Gasteiger partial charge in [0.1, 0.15) is 0 Å². The van der Waals surface area contributed by atoms with Gasteiger partial charge in [-0.2, -0.15) is 10.1 Å². The van der Waals surface area contributed by atoms with Crippen molar-refractivity contribution in [1.82, 2.24) is 15.2 Å². The third-order valence-electron chi connectivity index (χ3n) is 4.17. The summed E-state index contributed by atoms with van der Waals surface area (Å²) in [5.74, 6) is 1.49. The number of benzene rings is 1. The lowest BCUT2D eigenvalue weighted by molar-refractivity contribution is 0.726. The van der Waals surface area contributed by atoms with E-state index < -0.39 is 0 Å². The number of nitrogens with zero attached hydrogens (tertiary/aromatic N) is 4. The van der Waals surface area contributed by atoms with E-state index in [2.05, 4.69) is 57.4 Å². The van der Waals surface area contributed by atoms with Crippen molar-refractivity contribution in [1.29, 1.82) is 0 Å². The molecule has 1 aliphatic rings. The van der Waals surface area contributed by atoms with Crippen molar-refractivity contribution in [3.63, 3.8) is 0 Å². The molecule has 22 heavy (non-hydrogen) atoms. The van der Waals surface area contributed by atoms with E-state index in [0.29, 0.717) is 0 Å². The topological polar surface area (TPSA) is 53.9 Å². The van der Waals surface area contributed by atoms with Gasteiger partial charge in [-0.05, 0) is 37.8 Å². The number of aromatic nitrogens is 3. The molecule has 0 spiro atoms. The first-order chi connectivity index (χ1) is 10.7. The zero-order valence-electron chi connectivity index (χ0n) is 13.3. The van der Waals surface area contributed by atoms with Gasteiger partial charge in [-0.15, -0.1) is 5.10 Å². The second kappa shape index (κ2) is 6.73. The van der Waals surface area contributed by atoms with Gasteiger partial charge >= 0.3 is 0 Å². The summed E-state index contributed by atoms with van der Waals surface area (Å²) < 4.78 is 0. The molecule has 1 aromatic heterocycles. The summed E-state index contributed by atoms with van der Waals surface area (Å²) in [6.45, 7) is 6.24. The first kappa shape index (κ1) is 14.8. The van der Waals surface area contributed by atoms with Crippen LogP contribution in [0.3, 0.4) is 0 Å². The van der Waals surface area contributed by atoms with E-state index in [0.717, 1.165) is 30.5 Å². The molecule has 1 aromatic carbocycles. The molecule has 2 heterocycles. The zero-order chi connectivity index (χ0) is 15.4. The third kappa shape index (κ3) is 3.35. The molecule has 1 fully saturated rings. The van der Waals surface area contributed by atoms with Crippen molar-refractivity contribution >= 4 is 17.5 Å². The Morgan fingerprint density at radius 3 is 2.36 bits per heavy atom. The lowest BCUT2D eigenvalue weighted by Gasteiger charge is -2.20. The van der Waals surface area contributed by atoms with Crippen molar-refractivity contribution in [3.05, 3.63) is 35.5 Å². The molecular formula is C17H23N5. The van der Waals surface area contributed by atoms with E-state index in [9.17, 15) is 0 Å². The van der Waals surface area contributed by atoms with Gasteiger partial charge in [0, 0.05) is 18.8 Å². The van der Waals surface area contributed by atoms with Crippen LogP contribution in [0.1, 0.15) is 36.8 Å². The van der Waals surface area contributed by atoms with Crippen molar-refractivity contribution in [3.8, 4) is 0 Å². The molecule has 1 saturated heterocycles. The Morgan fingerprint density at radius 2 is 1.68 bits per heavy atom. The van der Waals surface area contributed by atoms with Crippen molar-refractivity contribution < 1.29 is 0 Å². The Balaban J connectivity index is 1.82. The number of rotatable bonds is 3. The second-order valence-corrected chi connectivity index (χ2v) is 5.93. The van der Waals surface area contributed by atoms with E-state index >= 15 is 0 Å². The lowest BCUT2D eigenvalue weighted by atomic mass is 10.1. The number of para-hydroxylation sites is 1. The van der Waals surface area contributed by atoms with Gasteiger partial charge in [-0.1, -0.05) is 31.0 Å². The molecule has 0 aliphatic carbocycles. The number of nitrogens with one attached hydrogen (secondary N) is 1. The van der Waals surface area contributed by atoms with Crippen LogP contribution < -0.4 is 10.2 Å². The van der Waals surface area contributed by atoms with Gasteiger partial charge in [-0.25, -0.2) is 0 Å². The second-order valence-electron chi connectivity index (χ2n) is 5.93. The van der Waals surface area contributed by atoms with Crippen LogP contribution >= 0.6 is 0 Å². The van der Waals surface area contributed by atoms with Gasteiger partial charge in [0.2, 0.25) is 5.95 Å². The maximum absolute atomic E-state index is 4.66. The highest BCUT2D eigenvalue weighted by Crippen LogP contribution is 2.24. The number of hydrogen-bond donors (Lipinski definition) is 1. The van der Waals surface area contributed by atoms with Crippen molar-refractivity contribution in [2.75, 3.05) is 23.3 Å². The van der Waals surface area contributed by atoms with Crippen LogP contribution in [-0.4, -0.2) is 28.3 Å². The van der Waals surface area contributed by atoms with Gasteiger partial charge in [0.15, 0.2) is 5.82 Å². The minimum Gasteiger partial charge on any atom is -0.339 e. The molecule has 0 saturated carbocycles. The van der Waals surface area contributed by atoms with Gasteiger partial charge < -0.3 is 10.2 Å². The highest BCUT2D eigenvalue weighted by molar-refractivity contribution is 5.64. The van der Waals surface area contributed by atoms with Gasteiger partial charge in [-0.3, -0.25) is 0 Å². The zero-order valence-corrected chi connectivity index (χ0v) is 13.3. The maximum atomic E-state index is 4.66.